The molecule has 0 saturated carbocycles. The summed E-state index contributed by atoms with van der Waals surface area (Å²) in [6.07, 6.45) is 0. The van der Waals surface area contributed by atoms with E-state index in [4.69, 9.17) is 16.0 Å². The summed E-state index contributed by atoms with van der Waals surface area (Å²) in [5.41, 5.74) is 0. The van der Waals surface area contributed by atoms with Crippen LogP contribution in [-0.2, 0) is 20.2 Å². The summed E-state index contributed by atoms with van der Waals surface area (Å²) in [5, 5.41) is 0. The van der Waals surface area contributed by atoms with E-state index < -0.39 is 14.5 Å². The van der Waals surface area contributed by atoms with Crippen LogP contribution < -0.4 is 41.8 Å². The summed E-state index contributed by atoms with van der Waals surface area (Å²) in [6, 6.07) is 0. The Balaban J connectivity index is -0.0000000267. The van der Waals surface area contributed by atoms with Crippen molar-refractivity contribution in [1.29, 1.82) is 0 Å². The summed E-state index contributed by atoms with van der Waals surface area (Å²) in [4.78, 5) is 0. The summed E-state index contributed by atoms with van der Waals surface area (Å²) in [7, 11) is 0. The molecule has 0 saturated heterocycles. The predicted octanol–water partition coefficient (Wildman–Crippen LogP) is -7.45. The van der Waals surface area contributed by atoms with Crippen LogP contribution in [0.1, 0.15) is 0 Å². The molecular weight excluding hydrogens is 261 g/mol. The Kier molecular flexibility index (Phi) is 28.0. The third-order valence-corrected chi connectivity index (χ3v) is 0. The molecule has 8 heteroatoms. The fourth-order valence-electron chi connectivity index (χ4n) is 0. The van der Waals surface area contributed by atoms with Gasteiger partial charge in [-0.25, -0.2) is 0 Å². The molecule has 0 radical (unpaired) electrons. The molecular formula is AsCaNaNiO4+2. The molecule has 0 aliphatic rings. The smallest absolute Gasteiger partial charge is 1.00 e. The fourth-order valence-corrected chi connectivity index (χ4v) is 0. The Hall–Kier alpha value is 2.99. The van der Waals surface area contributed by atoms with Crippen molar-refractivity contribution in [3.63, 3.8) is 0 Å². The number of hydrogen-bond acceptors (Lipinski definition) is 4. The molecule has 8 heavy (non-hydrogen) atoms. The first-order chi connectivity index (χ1) is 2.00. The van der Waals surface area contributed by atoms with Gasteiger partial charge in [0.15, 0.2) is 0 Å². The second-order valence-electron chi connectivity index (χ2n) is 0.447. The van der Waals surface area contributed by atoms with Crippen molar-refractivity contribution in [2.45, 2.75) is 0 Å². The minimum atomic E-state index is -5.88. The van der Waals surface area contributed by atoms with Crippen molar-refractivity contribution >= 4 is 52.3 Å². The second kappa shape index (κ2) is 9.99. The third kappa shape index (κ3) is 64.2. The van der Waals surface area contributed by atoms with E-state index in [1.54, 1.807) is 0 Å². The van der Waals surface area contributed by atoms with Crippen molar-refractivity contribution in [2.24, 2.45) is 0 Å². The van der Waals surface area contributed by atoms with E-state index in [1.165, 1.54) is 0 Å². The van der Waals surface area contributed by atoms with Crippen LogP contribution in [0.2, 0.25) is 0 Å². The fraction of sp³-hybridized carbons (Fsp3) is 0. The summed E-state index contributed by atoms with van der Waals surface area (Å²) < 4.78 is 34.4. The maximum atomic E-state index is 8.61. The first-order valence-electron chi connectivity index (χ1n) is 0.730. The molecule has 0 unspecified atom stereocenters. The van der Waals surface area contributed by atoms with Crippen LogP contribution >= 0.6 is 0 Å². The van der Waals surface area contributed by atoms with Gasteiger partial charge in [0.25, 0.3) is 0 Å². The van der Waals surface area contributed by atoms with E-state index in [9.17, 15) is 0 Å². The molecule has 0 fully saturated rings. The Labute approximate surface area is 112 Å². The van der Waals surface area contributed by atoms with Crippen molar-refractivity contribution in [3.8, 4) is 0 Å². The minimum absolute atomic E-state index is 0. The van der Waals surface area contributed by atoms with Crippen LogP contribution in [0, 0.1) is 0 Å². The van der Waals surface area contributed by atoms with Gasteiger partial charge < -0.3 is 0 Å². The monoisotopic (exact) mass is 260 g/mol. The van der Waals surface area contributed by atoms with Gasteiger partial charge in [-0.1, -0.05) is 0 Å². The van der Waals surface area contributed by atoms with Crippen LogP contribution in [0.25, 0.3) is 0 Å². The zero-order chi connectivity index (χ0) is 4.50. The number of rotatable bonds is 0. The van der Waals surface area contributed by atoms with Gasteiger partial charge >= 0.3 is 114 Å². The Bertz CT molecular complexity index is 62.2. The Morgan fingerprint density at radius 2 is 1.12 bits per heavy atom. The maximum Gasteiger partial charge on any atom is 2.00 e. The topological polar surface area (TPSA) is 86.2 Å². The molecule has 0 aromatic rings. The van der Waals surface area contributed by atoms with Gasteiger partial charge in [0, 0.05) is 0 Å². The summed E-state index contributed by atoms with van der Waals surface area (Å²) in [5.74, 6) is 0. The normalized spacial score (nSPS) is 7.38. The largest absolute Gasteiger partial charge is 2.00 e. The van der Waals surface area contributed by atoms with Crippen LogP contribution in [0.15, 0.2) is 0 Å². The van der Waals surface area contributed by atoms with Gasteiger partial charge in [0.1, 0.15) is 0 Å². The molecule has 0 aromatic carbocycles. The van der Waals surface area contributed by atoms with Gasteiger partial charge in [-0.15, -0.1) is 0 Å². The molecule has 0 aromatic heterocycles. The maximum absolute atomic E-state index is 8.61. The van der Waals surface area contributed by atoms with Crippen molar-refractivity contribution in [1.82, 2.24) is 0 Å². The standard InChI is InChI=1S/AsH3O4.Ca.Na.Ni/c2-1(3,4)5;;;/h(H3,2,3,4,5);;;/q;+2;+1;+2/p-3. The molecule has 0 N–H and O–H groups in total. The molecule has 4 nitrogen and oxygen atoms in total. The average molecular weight is 261 g/mol. The van der Waals surface area contributed by atoms with Gasteiger partial charge in [-0.05, 0) is 0 Å². The second-order valence-corrected chi connectivity index (χ2v) is 2.32. The van der Waals surface area contributed by atoms with E-state index >= 15 is 0 Å². The van der Waals surface area contributed by atoms with Crippen molar-refractivity contribution in [2.75, 3.05) is 0 Å². The average Bonchev–Trinajstić information content (AvgIpc) is 0.722. The van der Waals surface area contributed by atoms with E-state index in [0.29, 0.717) is 0 Å². The Morgan fingerprint density at radius 3 is 1.12 bits per heavy atom. The zero-order valence-electron chi connectivity index (χ0n) is 4.10. The summed E-state index contributed by atoms with van der Waals surface area (Å²) in [6.45, 7) is 0. The Morgan fingerprint density at radius 1 is 1.12 bits per heavy atom. The molecule has 0 atom stereocenters. The van der Waals surface area contributed by atoms with Crippen LogP contribution in [0.3, 0.4) is 0 Å². The van der Waals surface area contributed by atoms with Crippen LogP contribution in [0.5, 0.6) is 0 Å². The predicted molar refractivity (Wildman–Crippen MR) is 12.2 cm³/mol. The molecule has 0 spiro atoms. The first kappa shape index (κ1) is 22.4. The van der Waals surface area contributed by atoms with Crippen LogP contribution in [0.4, 0.5) is 0 Å². The van der Waals surface area contributed by atoms with Gasteiger partial charge in [-0.3, -0.25) is 0 Å². The SMILES string of the molecule is O=[As]([O-])([O-])[O-].[Ca+2].[Na+].[Ni+2]. The summed E-state index contributed by atoms with van der Waals surface area (Å²) >= 11 is -5.88. The molecule has 0 aliphatic heterocycles. The first-order valence-corrected chi connectivity index (χ1v) is 3.79. The van der Waals surface area contributed by atoms with Crippen molar-refractivity contribution in [3.05, 3.63) is 0 Å². The molecule has 0 rings (SSSR count). The minimum Gasteiger partial charge on any atom is 1.00 e. The quantitative estimate of drug-likeness (QED) is 0.405. The van der Waals surface area contributed by atoms with E-state index in [-0.39, 0.29) is 83.8 Å². The van der Waals surface area contributed by atoms with E-state index in [1.807, 2.05) is 0 Å². The zero-order valence-corrected chi connectivity index (χ0v) is 11.2. The molecule has 0 aliphatic carbocycles. The molecule has 0 bridgehead atoms. The third-order valence-electron chi connectivity index (χ3n) is 0. The van der Waals surface area contributed by atoms with E-state index in [0.717, 1.165) is 0 Å². The van der Waals surface area contributed by atoms with Gasteiger partial charge in [0.05, 0.1) is 0 Å². The van der Waals surface area contributed by atoms with Crippen molar-refractivity contribution < 1.29 is 62.1 Å². The molecule has 0 heterocycles. The number of hydrogen-bond donors (Lipinski definition) is 0. The van der Waals surface area contributed by atoms with E-state index in [2.05, 4.69) is 0 Å². The van der Waals surface area contributed by atoms with Gasteiger partial charge in [-0.2, -0.15) is 0 Å². The molecule has 40 valence electrons. The van der Waals surface area contributed by atoms with Crippen LogP contribution in [-0.4, -0.2) is 52.3 Å². The van der Waals surface area contributed by atoms with Gasteiger partial charge in [0.2, 0.25) is 0 Å². The molecule has 0 amide bonds.